The lowest BCUT2D eigenvalue weighted by Crippen LogP contribution is -2.23. The number of nitrogens with two attached hydrogens (primary N) is 1. The van der Waals surface area contributed by atoms with E-state index in [4.69, 9.17) is 15.2 Å². The molecule has 0 spiro atoms. The van der Waals surface area contributed by atoms with E-state index in [1.54, 1.807) is 0 Å². The van der Waals surface area contributed by atoms with Crippen LogP contribution < -0.4 is 20.5 Å². The summed E-state index contributed by atoms with van der Waals surface area (Å²) in [5.74, 6) is -0.271. The van der Waals surface area contributed by atoms with Gasteiger partial charge in [0.2, 0.25) is 5.91 Å². The molecule has 0 aliphatic carbocycles. The number of amides is 1. The summed E-state index contributed by atoms with van der Waals surface area (Å²) in [6.45, 7) is 0.847. The van der Waals surface area contributed by atoms with Gasteiger partial charge < -0.3 is 20.5 Å². The standard InChI is InChI=1S/C11H14N2O5S/c1-19(15,16)6-11(14)13-8-5-10-9(4-7(8)12)17-2-3-18-10/h4-5H,2-3,6,12H2,1H3,(H,13,14). The number of carbonyl (C=O) groups excluding carboxylic acids is 1. The molecule has 2 rings (SSSR count). The Balaban J connectivity index is 2.19. The third-order valence-corrected chi connectivity index (χ3v) is 3.17. The highest BCUT2D eigenvalue weighted by molar-refractivity contribution is 7.91. The summed E-state index contributed by atoms with van der Waals surface area (Å²) < 4.78 is 32.7. The van der Waals surface area contributed by atoms with E-state index in [0.29, 0.717) is 30.4 Å². The minimum atomic E-state index is -3.38. The van der Waals surface area contributed by atoms with Gasteiger partial charge in [-0.25, -0.2) is 8.42 Å². The van der Waals surface area contributed by atoms with Gasteiger partial charge in [0.1, 0.15) is 19.0 Å². The molecule has 7 nitrogen and oxygen atoms in total. The summed E-state index contributed by atoms with van der Waals surface area (Å²) >= 11 is 0. The third-order valence-electron chi connectivity index (χ3n) is 2.38. The number of carbonyl (C=O) groups is 1. The number of nitrogens with one attached hydrogen (secondary N) is 1. The average Bonchev–Trinajstić information content (AvgIpc) is 2.27. The van der Waals surface area contributed by atoms with Crippen LogP contribution in [-0.4, -0.2) is 39.5 Å². The van der Waals surface area contributed by atoms with Crippen molar-refractivity contribution in [3.8, 4) is 11.5 Å². The molecule has 0 fully saturated rings. The summed E-state index contributed by atoms with van der Waals surface area (Å²) in [5, 5.41) is 2.44. The van der Waals surface area contributed by atoms with Crippen LogP contribution in [0.25, 0.3) is 0 Å². The van der Waals surface area contributed by atoms with Crippen LogP contribution in [0, 0.1) is 0 Å². The van der Waals surface area contributed by atoms with Gasteiger partial charge in [-0.15, -0.1) is 0 Å². The second kappa shape index (κ2) is 4.96. The summed E-state index contributed by atoms with van der Waals surface area (Å²) in [5.41, 5.74) is 6.34. The molecule has 1 amide bonds. The van der Waals surface area contributed by atoms with Crippen molar-refractivity contribution in [3.63, 3.8) is 0 Å². The Morgan fingerprint density at radius 2 is 1.89 bits per heavy atom. The predicted octanol–water partition coefficient (Wildman–Crippen LogP) is 0.0231. The predicted molar refractivity (Wildman–Crippen MR) is 70.2 cm³/mol. The van der Waals surface area contributed by atoms with Crippen molar-refractivity contribution in [2.45, 2.75) is 0 Å². The number of benzene rings is 1. The van der Waals surface area contributed by atoms with Gasteiger partial charge in [-0.05, 0) is 0 Å². The summed E-state index contributed by atoms with van der Waals surface area (Å²) in [6.07, 6.45) is 0.986. The highest BCUT2D eigenvalue weighted by Gasteiger charge is 2.17. The second-order valence-corrected chi connectivity index (χ2v) is 6.34. The fraction of sp³-hybridized carbons (Fsp3) is 0.364. The number of fused-ring (bicyclic) bond motifs is 1. The van der Waals surface area contributed by atoms with Crippen LogP contribution in [0.5, 0.6) is 11.5 Å². The number of anilines is 2. The minimum Gasteiger partial charge on any atom is -0.486 e. The van der Waals surface area contributed by atoms with Gasteiger partial charge in [0.15, 0.2) is 21.3 Å². The van der Waals surface area contributed by atoms with E-state index in [1.165, 1.54) is 12.1 Å². The van der Waals surface area contributed by atoms with Crippen LogP contribution in [0.15, 0.2) is 12.1 Å². The molecule has 1 aliphatic heterocycles. The van der Waals surface area contributed by atoms with Crippen molar-refractivity contribution in [2.75, 3.05) is 36.3 Å². The Hall–Kier alpha value is -1.96. The lowest BCUT2D eigenvalue weighted by Gasteiger charge is -2.20. The third kappa shape index (κ3) is 3.50. The first-order chi connectivity index (χ1) is 8.85. The zero-order valence-corrected chi connectivity index (χ0v) is 11.1. The van der Waals surface area contributed by atoms with E-state index in [9.17, 15) is 13.2 Å². The SMILES string of the molecule is CS(=O)(=O)CC(=O)Nc1cc2c(cc1N)OCCO2. The Labute approximate surface area is 110 Å². The molecule has 1 aliphatic rings. The number of nitrogen functional groups attached to an aromatic ring is 1. The molecule has 0 bridgehead atoms. The van der Waals surface area contributed by atoms with Crippen LogP contribution in [0.2, 0.25) is 0 Å². The first-order valence-electron chi connectivity index (χ1n) is 5.52. The number of sulfone groups is 1. The molecule has 0 unspecified atom stereocenters. The van der Waals surface area contributed by atoms with Crippen LogP contribution in [0.4, 0.5) is 11.4 Å². The van der Waals surface area contributed by atoms with Gasteiger partial charge in [-0.2, -0.15) is 0 Å². The lowest BCUT2D eigenvalue weighted by molar-refractivity contribution is -0.113. The molecular formula is C11H14N2O5S. The van der Waals surface area contributed by atoms with Crippen molar-refractivity contribution < 1.29 is 22.7 Å². The molecule has 19 heavy (non-hydrogen) atoms. The first kappa shape index (κ1) is 13.5. The van der Waals surface area contributed by atoms with Gasteiger partial charge in [0.05, 0.1) is 11.4 Å². The molecule has 0 aromatic heterocycles. The second-order valence-electron chi connectivity index (χ2n) is 4.20. The Morgan fingerprint density at radius 1 is 1.32 bits per heavy atom. The van der Waals surface area contributed by atoms with Gasteiger partial charge in [0.25, 0.3) is 0 Å². The van der Waals surface area contributed by atoms with E-state index < -0.39 is 21.5 Å². The lowest BCUT2D eigenvalue weighted by atomic mass is 10.2. The highest BCUT2D eigenvalue weighted by atomic mass is 32.2. The first-order valence-corrected chi connectivity index (χ1v) is 7.58. The van der Waals surface area contributed by atoms with Crippen molar-refractivity contribution in [1.82, 2.24) is 0 Å². The van der Waals surface area contributed by atoms with Crippen LogP contribution in [-0.2, 0) is 14.6 Å². The van der Waals surface area contributed by atoms with Gasteiger partial charge in [-0.3, -0.25) is 4.79 Å². The van der Waals surface area contributed by atoms with Gasteiger partial charge >= 0.3 is 0 Å². The maximum Gasteiger partial charge on any atom is 0.239 e. The van der Waals surface area contributed by atoms with Gasteiger partial charge in [0, 0.05) is 18.4 Å². The molecule has 0 saturated carbocycles. The fourth-order valence-electron chi connectivity index (χ4n) is 1.64. The summed E-state index contributed by atoms with van der Waals surface area (Å²) in [4.78, 5) is 11.5. The largest absolute Gasteiger partial charge is 0.486 e. The Morgan fingerprint density at radius 3 is 2.47 bits per heavy atom. The van der Waals surface area contributed by atoms with Crippen molar-refractivity contribution in [2.24, 2.45) is 0 Å². The molecule has 0 atom stereocenters. The topological polar surface area (TPSA) is 108 Å². The molecule has 1 aromatic rings. The Bertz CT molecular complexity index is 612. The summed E-state index contributed by atoms with van der Waals surface area (Å²) in [6, 6.07) is 3.05. The molecule has 104 valence electrons. The average molecular weight is 286 g/mol. The van der Waals surface area contributed by atoms with Crippen molar-refractivity contribution >= 4 is 27.1 Å². The Kier molecular flexibility index (Phi) is 3.52. The number of ether oxygens (including phenoxy) is 2. The molecule has 0 radical (unpaired) electrons. The molecule has 0 saturated heterocycles. The number of rotatable bonds is 3. The summed E-state index contributed by atoms with van der Waals surface area (Å²) in [7, 11) is -3.38. The number of hydrogen-bond donors (Lipinski definition) is 2. The van der Waals surface area contributed by atoms with Crippen LogP contribution >= 0.6 is 0 Å². The monoisotopic (exact) mass is 286 g/mol. The number of hydrogen-bond acceptors (Lipinski definition) is 6. The molecule has 1 aromatic carbocycles. The van der Waals surface area contributed by atoms with E-state index in [1.807, 2.05) is 0 Å². The quantitative estimate of drug-likeness (QED) is 0.759. The van der Waals surface area contributed by atoms with Crippen LogP contribution in [0.1, 0.15) is 0 Å². The van der Waals surface area contributed by atoms with E-state index in [-0.39, 0.29) is 5.69 Å². The molecule has 3 N–H and O–H groups in total. The highest BCUT2D eigenvalue weighted by Crippen LogP contribution is 2.36. The van der Waals surface area contributed by atoms with Crippen molar-refractivity contribution in [3.05, 3.63) is 12.1 Å². The molecular weight excluding hydrogens is 272 g/mol. The molecule has 1 heterocycles. The normalized spacial score (nSPS) is 13.9. The van der Waals surface area contributed by atoms with E-state index >= 15 is 0 Å². The van der Waals surface area contributed by atoms with Crippen molar-refractivity contribution in [1.29, 1.82) is 0 Å². The van der Waals surface area contributed by atoms with E-state index in [0.717, 1.165) is 6.26 Å². The minimum absolute atomic E-state index is 0.283. The fourth-order valence-corrected chi connectivity index (χ4v) is 2.19. The maximum atomic E-state index is 11.5. The maximum absolute atomic E-state index is 11.5. The van der Waals surface area contributed by atoms with Gasteiger partial charge in [-0.1, -0.05) is 0 Å². The van der Waals surface area contributed by atoms with Crippen LogP contribution in [0.3, 0.4) is 0 Å². The molecule has 8 heteroatoms. The smallest absolute Gasteiger partial charge is 0.239 e. The zero-order valence-electron chi connectivity index (χ0n) is 10.3. The van der Waals surface area contributed by atoms with E-state index in [2.05, 4.69) is 5.32 Å². The zero-order chi connectivity index (χ0) is 14.0.